The van der Waals surface area contributed by atoms with Crippen LogP contribution in [0.3, 0.4) is 0 Å². The molecule has 1 aliphatic carbocycles. The highest BCUT2D eigenvalue weighted by atomic mass is 19.1. The molecule has 134 valence electrons. The van der Waals surface area contributed by atoms with Crippen LogP contribution in [0.15, 0.2) is 16.7 Å². The predicted octanol–water partition coefficient (Wildman–Crippen LogP) is 2.04. The van der Waals surface area contributed by atoms with Crippen molar-refractivity contribution >= 4 is 23.4 Å². The van der Waals surface area contributed by atoms with Gasteiger partial charge in [0.05, 0.1) is 11.3 Å². The van der Waals surface area contributed by atoms with E-state index in [-0.39, 0.29) is 35.2 Å². The summed E-state index contributed by atoms with van der Waals surface area (Å²) in [7, 11) is 0. The number of primary amides is 1. The lowest BCUT2D eigenvalue weighted by molar-refractivity contribution is 0.100. The van der Waals surface area contributed by atoms with Crippen LogP contribution < -0.4 is 22.1 Å². The maximum absolute atomic E-state index is 14.4. The molecule has 0 spiro atoms. The number of nitrogens with zero attached hydrogens (tertiary/aromatic N) is 2. The normalized spacial score (nSPS) is 20.3. The Morgan fingerprint density at radius 3 is 2.72 bits per heavy atom. The van der Waals surface area contributed by atoms with Gasteiger partial charge in [-0.3, -0.25) is 4.79 Å². The summed E-state index contributed by atoms with van der Waals surface area (Å²) in [6, 6.07) is 2.53. The topological polar surface area (TPSA) is 132 Å². The van der Waals surface area contributed by atoms with Gasteiger partial charge in [-0.1, -0.05) is 18.0 Å². The molecule has 2 aromatic rings. The van der Waals surface area contributed by atoms with E-state index in [9.17, 15) is 9.18 Å². The first-order valence-corrected chi connectivity index (χ1v) is 8.17. The van der Waals surface area contributed by atoms with E-state index in [0.717, 1.165) is 31.7 Å². The molecule has 6 N–H and O–H groups in total. The first-order valence-electron chi connectivity index (χ1n) is 8.17. The Kier molecular flexibility index (Phi) is 4.84. The summed E-state index contributed by atoms with van der Waals surface area (Å²) < 4.78 is 19.4. The van der Waals surface area contributed by atoms with Gasteiger partial charge in [-0.05, 0) is 25.8 Å². The summed E-state index contributed by atoms with van der Waals surface area (Å²) in [6.45, 7) is 1.75. The van der Waals surface area contributed by atoms with Crippen molar-refractivity contribution < 1.29 is 13.7 Å². The van der Waals surface area contributed by atoms with Gasteiger partial charge in [-0.2, -0.15) is 0 Å². The van der Waals surface area contributed by atoms with Crippen LogP contribution in [-0.4, -0.2) is 28.1 Å². The standard InChI is InChI=1S/C16H21FN6O2/c1-8-6-13(25-23-8)21-15-9(14(19)24)7-10(17)16(22-15)20-12-5-3-2-4-11(12)18/h6-7,11-12H,2-5,18H2,1H3,(H2,19,24)(H2,20,21,22)/t11-,12+/m0/s1. The van der Waals surface area contributed by atoms with E-state index in [1.54, 1.807) is 13.0 Å². The molecule has 25 heavy (non-hydrogen) atoms. The molecule has 0 radical (unpaired) electrons. The van der Waals surface area contributed by atoms with E-state index in [2.05, 4.69) is 20.8 Å². The number of carbonyl (C=O) groups is 1. The Bertz CT molecular complexity index is 778. The minimum absolute atomic E-state index is 0.0195. The van der Waals surface area contributed by atoms with Crippen LogP contribution in [0.4, 0.5) is 21.9 Å². The molecule has 1 fully saturated rings. The quantitative estimate of drug-likeness (QED) is 0.650. The van der Waals surface area contributed by atoms with Crippen molar-refractivity contribution in [3.8, 4) is 0 Å². The Morgan fingerprint density at radius 1 is 1.32 bits per heavy atom. The average Bonchev–Trinajstić information content (AvgIpc) is 2.97. The minimum Gasteiger partial charge on any atom is -0.365 e. The number of aromatic nitrogens is 2. The van der Waals surface area contributed by atoms with Gasteiger partial charge in [0, 0.05) is 18.2 Å². The smallest absolute Gasteiger partial charge is 0.252 e. The largest absolute Gasteiger partial charge is 0.365 e. The van der Waals surface area contributed by atoms with Crippen LogP contribution in [0.1, 0.15) is 41.7 Å². The molecule has 2 heterocycles. The molecule has 1 saturated carbocycles. The van der Waals surface area contributed by atoms with Crippen LogP contribution in [0.2, 0.25) is 0 Å². The van der Waals surface area contributed by atoms with E-state index >= 15 is 0 Å². The van der Waals surface area contributed by atoms with Crippen molar-refractivity contribution in [1.82, 2.24) is 10.1 Å². The van der Waals surface area contributed by atoms with Crippen molar-refractivity contribution in [2.75, 3.05) is 10.6 Å². The van der Waals surface area contributed by atoms with Gasteiger partial charge in [0.1, 0.15) is 5.82 Å². The highest BCUT2D eigenvalue weighted by Gasteiger charge is 2.24. The van der Waals surface area contributed by atoms with Crippen molar-refractivity contribution in [3.05, 3.63) is 29.2 Å². The third kappa shape index (κ3) is 3.87. The van der Waals surface area contributed by atoms with Gasteiger partial charge in [-0.25, -0.2) is 9.37 Å². The molecule has 0 unspecified atom stereocenters. The fourth-order valence-corrected chi connectivity index (χ4v) is 2.93. The first-order chi connectivity index (χ1) is 11.9. The molecule has 2 aromatic heterocycles. The number of anilines is 3. The van der Waals surface area contributed by atoms with Crippen molar-refractivity contribution in [1.29, 1.82) is 0 Å². The molecule has 8 nitrogen and oxygen atoms in total. The zero-order chi connectivity index (χ0) is 18.0. The SMILES string of the molecule is Cc1cc(Nc2nc(N[C@@H]3CCCC[C@@H]3N)c(F)cc2C(N)=O)on1. The lowest BCUT2D eigenvalue weighted by atomic mass is 9.91. The Morgan fingerprint density at radius 2 is 2.08 bits per heavy atom. The third-order valence-corrected chi connectivity index (χ3v) is 4.25. The van der Waals surface area contributed by atoms with Crippen LogP contribution in [0.25, 0.3) is 0 Å². The molecule has 0 aromatic carbocycles. The molecule has 0 aliphatic heterocycles. The monoisotopic (exact) mass is 348 g/mol. The summed E-state index contributed by atoms with van der Waals surface area (Å²) >= 11 is 0. The van der Waals surface area contributed by atoms with Gasteiger partial charge in [0.15, 0.2) is 11.6 Å². The number of pyridine rings is 1. The number of carbonyl (C=O) groups excluding carboxylic acids is 1. The van der Waals surface area contributed by atoms with Crippen molar-refractivity contribution in [3.63, 3.8) is 0 Å². The van der Waals surface area contributed by atoms with Crippen molar-refractivity contribution in [2.24, 2.45) is 11.5 Å². The fourth-order valence-electron chi connectivity index (χ4n) is 2.93. The molecule has 9 heteroatoms. The average molecular weight is 348 g/mol. The van der Waals surface area contributed by atoms with Crippen LogP contribution in [0, 0.1) is 12.7 Å². The predicted molar refractivity (Wildman–Crippen MR) is 91.1 cm³/mol. The fraction of sp³-hybridized carbons (Fsp3) is 0.438. The lowest BCUT2D eigenvalue weighted by Crippen LogP contribution is -2.43. The number of hydrogen-bond donors (Lipinski definition) is 4. The maximum atomic E-state index is 14.4. The number of aryl methyl sites for hydroxylation is 1. The van der Waals surface area contributed by atoms with Gasteiger partial charge in [0.25, 0.3) is 5.91 Å². The van der Waals surface area contributed by atoms with Crippen LogP contribution in [-0.2, 0) is 0 Å². The lowest BCUT2D eigenvalue weighted by Gasteiger charge is -2.30. The second kappa shape index (κ2) is 7.06. The highest BCUT2D eigenvalue weighted by Crippen LogP contribution is 2.26. The molecule has 1 aliphatic rings. The Balaban J connectivity index is 1.90. The molecule has 1 amide bonds. The summed E-state index contributed by atoms with van der Waals surface area (Å²) in [5.41, 5.74) is 12.0. The van der Waals surface area contributed by atoms with E-state index in [0.29, 0.717) is 5.69 Å². The molecule has 0 bridgehead atoms. The maximum Gasteiger partial charge on any atom is 0.252 e. The number of hydrogen-bond acceptors (Lipinski definition) is 7. The summed E-state index contributed by atoms with van der Waals surface area (Å²) in [4.78, 5) is 15.8. The molecular weight excluding hydrogens is 327 g/mol. The number of halogens is 1. The number of nitrogens with two attached hydrogens (primary N) is 2. The summed E-state index contributed by atoms with van der Waals surface area (Å²) in [5, 5.41) is 9.60. The third-order valence-electron chi connectivity index (χ3n) is 4.25. The van der Waals surface area contributed by atoms with E-state index in [4.69, 9.17) is 16.0 Å². The first kappa shape index (κ1) is 17.2. The van der Waals surface area contributed by atoms with Crippen molar-refractivity contribution in [2.45, 2.75) is 44.7 Å². The van der Waals surface area contributed by atoms with E-state index in [1.807, 2.05) is 0 Å². The molecule has 2 atom stereocenters. The molecule has 0 saturated heterocycles. The summed E-state index contributed by atoms with van der Waals surface area (Å²) in [6.07, 6.45) is 3.80. The van der Waals surface area contributed by atoms with Gasteiger partial charge in [-0.15, -0.1) is 0 Å². The zero-order valence-corrected chi connectivity index (χ0v) is 13.9. The van der Waals surface area contributed by atoms with Crippen LogP contribution in [0.5, 0.6) is 0 Å². The minimum atomic E-state index is -0.800. The van der Waals surface area contributed by atoms with Gasteiger partial charge < -0.3 is 26.6 Å². The van der Waals surface area contributed by atoms with Gasteiger partial charge >= 0.3 is 0 Å². The number of amides is 1. The van der Waals surface area contributed by atoms with E-state index < -0.39 is 11.7 Å². The van der Waals surface area contributed by atoms with Gasteiger partial charge in [0.2, 0.25) is 5.88 Å². The molecular formula is C16H21FN6O2. The number of rotatable bonds is 5. The summed E-state index contributed by atoms with van der Waals surface area (Å²) in [5.74, 6) is -1.07. The zero-order valence-electron chi connectivity index (χ0n) is 13.9. The highest BCUT2D eigenvalue weighted by molar-refractivity contribution is 5.98. The van der Waals surface area contributed by atoms with Crippen LogP contribution >= 0.6 is 0 Å². The van der Waals surface area contributed by atoms with E-state index in [1.165, 1.54) is 0 Å². The second-order valence-electron chi connectivity index (χ2n) is 6.24. The molecule has 3 rings (SSSR count). The Hall–Kier alpha value is -2.68. The number of nitrogens with one attached hydrogen (secondary N) is 2. The second-order valence-corrected chi connectivity index (χ2v) is 6.24. The Labute approximate surface area is 144 Å².